The highest BCUT2D eigenvalue weighted by atomic mass is 15.0. The predicted molar refractivity (Wildman–Crippen MR) is 361 cm³/mol. The van der Waals surface area contributed by atoms with Crippen molar-refractivity contribution in [3.8, 4) is 95.7 Å². The maximum atomic E-state index is 5.41. The fourth-order valence-corrected chi connectivity index (χ4v) is 13.2. The number of benzene rings is 13. The molecule has 17 aromatic rings. The number of fused-ring (bicyclic) bond motifs is 9. The van der Waals surface area contributed by atoms with Gasteiger partial charge in [-0.2, -0.15) is 0 Å². The molecule has 0 unspecified atom stereocenters. The molecule has 0 amide bonds. The first-order valence-electron chi connectivity index (χ1n) is 29.6. The van der Waals surface area contributed by atoms with E-state index in [-0.39, 0.29) is 0 Å². The molecule has 17 rings (SSSR count). The Morgan fingerprint density at radius 1 is 0.184 bits per heavy atom. The number of rotatable bonds is 10. The second-order valence-electron chi connectivity index (χ2n) is 22.3. The SMILES string of the molecule is c1ccc(-c2ccc3c(c2)c2cc(-c4ccccc4)ccc2n3-c2c(-c3ccc(-n4c5ccccc5c5ccccc54)cc3)cc(-c3nc(-c4ccccc4)nc(-c4ccccc4)n3)cc2-c2ccc(-n3c4ccccc4c4ccccc43)cc2)cc1. The maximum absolute atomic E-state index is 5.41. The zero-order valence-electron chi connectivity index (χ0n) is 47.2. The molecule has 0 N–H and O–H groups in total. The molecule has 0 saturated carbocycles. The Bertz CT molecular complexity index is 5030. The zero-order valence-corrected chi connectivity index (χ0v) is 47.2. The molecule has 0 spiro atoms. The van der Waals surface area contributed by atoms with Crippen LogP contribution in [0.15, 0.2) is 315 Å². The molecule has 4 heterocycles. The van der Waals surface area contributed by atoms with Gasteiger partial charge in [0.05, 0.1) is 38.8 Å². The lowest BCUT2D eigenvalue weighted by Crippen LogP contribution is -2.04. The monoisotopic (exact) mass is 1110 g/mol. The van der Waals surface area contributed by atoms with Crippen molar-refractivity contribution in [2.75, 3.05) is 0 Å². The van der Waals surface area contributed by atoms with E-state index in [1.807, 2.05) is 36.4 Å². The smallest absolute Gasteiger partial charge is 0.164 e. The summed E-state index contributed by atoms with van der Waals surface area (Å²) in [5.41, 5.74) is 21.4. The minimum absolute atomic E-state index is 0.572. The van der Waals surface area contributed by atoms with Crippen molar-refractivity contribution < 1.29 is 0 Å². The van der Waals surface area contributed by atoms with Crippen LogP contribution in [0.3, 0.4) is 0 Å². The molecule has 87 heavy (non-hydrogen) atoms. The van der Waals surface area contributed by atoms with E-state index in [0.717, 1.165) is 111 Å². The van der Waals surface area contributed by atoms with Crippen LogP contribution in [0.25, 0.3) is 161 Å². The first-order valence-corrected chi connectivity index (χ1v) is 29.6. The van der Waals surface area contributed by atoms with Crippen molar-refractivity contribution in [2.24, 2.45) is 0 Å². The van der Waals surface area contributed by atoms with Crippen LogP contribution in [0.5, 0.6) is 0 Å². The Kier molecular flexibility index (Phi) is 11.8. The van der Waals surface area contributed by atoms with E-state index in [1.165, 1.54) is 32.7 Å². The van der Waals surface area contributed by atoms with E-state index in [2.05, 4.69) is 293 Å². The first kappa shape index (κ1) is 49.8. The summed E-state index contributed by atoms with van der Waals surface area (Å²) in [7, 11) is 0. The third-order valence-electron chi connectivity index (χ3n) is 17.3. The lowest BCUT2D eigenvalue weighted by Gasteiger charge is -2.22. The summed E-state index contributed by atoms with van der Waals surface area (Å²) in [4.78, 5) is 16.0. The molecular formula is C81H52N6. The summed E-state index contributed by atoms with van der Waals surface area (Å²) in [6.45, 7) is 0. The summed E-state index contributed by atoms with van der Waals surface area (Å²) >= 11 is 0. The summed E-state index contributed by atoms with van der Waals surface area (Å²) < 4.78 is 7.29. The maximum Gasteiger partial charge on any atom is 0.164 e. The van der Waals surface area contributed by atoms with Gasteiger partial charge in [0.1, 0.15) is 0 Å². The summed E-state index contributed by atoms with van der Waals surface area (Å²) in [6.07, 6.45) is 0. The summed E-state index contributed by atoms with van der Waals surface area (Å²) in [5, 5.41) is 7.21. The van der Waals surface area contributed by atoms with E-state index in [4.69, 9.17) is 15.0 Å². The van der Waals surface area contributed by atoms with E-state index < -0.39 is 0 Å². The van der Waals surface area contributed by atoms with Crippen molar-refractivity contribution >= 4 is 65.4 Å². The van der Waals surface area contributed by atoms with Crippen LogP contribution in [0.4, 0.5) is 0 Å². The van der Waals surface area contributed by atoms with Crippen LogP contribution in [0.2, 0.25) is 0 Å². The molecule has 0 bridgehead atoms. The molecule has 13 aromatic carbocycles. The van der Waals surface area contributed by atoms with Gasteiger partial charge in [-0.25, -0.2) is 15.0 Å². The van der Waals surface area contributed by atoms with E-state index in [9.17, 15) is 0 Å². The van der Waals surface area contributed by atoms with Gasteiger partial charge in [0.2, 0.25) is 0 Å². The van der Waals surface area contributed by atoms with Crippen molar-refractivity contribution in [3.63, 3.8) is 0 Å². The lowest BCUT2D eigenvalue weighted by molar-refractivity contribution is 1.07. The van der Waals surface area contributed by atoms with Crippen LogP contribution >= 0.6 is 0 Å². The summed E-state index contributed by atoms with van der Waals surface area (Å²) in [5.74, 6) is 1.77. The number of hydrogen-bond acceptors (Lipinski definition) is 3. The highest BCUT2D eigenvalue weighted by Crippen LogP contribution is 2.46. The minimum atomic E-state index is 0.572. The van der Waals surface area contributed by atoms with Gasteiger partial charge in [-0.1, -0.05) is 231 Å². The van der Waals surface area contributed by atoms with Gasteiger partial charge >= 0.3 is 0 Å². The number of aromatic nitrogens is 6. The van der Waals surface area contributed by atoms with Crippen LogP contribution < -0.4 is 0 Å². The van der Waals surface area contributed by atoms with Crippen molar-refractivity contribution in [1.82, 2.24) is 28.7 Å². The third kappa shape index (κ3) is 8.45. The van der Waals surface area contributed by atoms with E-state index >= 15 is 0 Å². The molecule has 406 valence electrons. The molecular weight excluding hydrogens is 1060 g/mol. The van der Waals surface area contributed by atoms with Gasteiger partial charge in [0, 0.05) is 71.5 Å². The Hall–Kier alpha value is -11.7. The van der Waals surface area contributed by atoms with Gasteiger partial charge in [-0.15, -0.1) is 0 Å². The van der Waals surface area contributed by atoms with Gasteiger partial charge in [-0.3, -0.25) is 0 Å². The average molecular weight is 1110 g/mol. The fourth-order valence-electron chi connectivity index (χ4n) is 13.2. The van der Waals surface area contributed by atoms with Crippen LogP contribution in [-0.4, -0.2) is 28.7 Å². The normalized spacial score (nSPS) is 11.7. The molecule has 6 heteroatoms. The lowest BCUT2D eigenvalue weighted by atomic mass is 9.92. The van der Waals surface area contributed by atoms with Gasteiger partial charge < -0.3 is 13.7 Å². The zero-order chi connectivity index (χ0) is 57.4. The third-order valence-corrected chi connectivity index (χ3v) is 17.3. The van der Waals surface area contributed by atoms with Crippen molar-refractivity contribution in [3.05, 3.63) is 315 Å². The Balaban J connectivity index is 0.974. The second-order valence-corrected chi connectivity index (χ2v) is 22.3. The highest BCUT2D eigenvalue weighted by Gasteiger charge is 2.25. The standard InChI is InChI=1S/C81H52N6/c1-5-21-53(22-6-1)59-41-47-76-70(49-59)71-50-60(54-23-7-2-8-24-54)42-48-77(71)87(76)78-68(55-37-43-62(44-38-55)85-72-33-17-13-29-64(72)65-30-14-18-34-73(65)85)51-61(81-83-79(57-25-9-3-10-26-57)82-80(84-81)58-27-11-4-12-28-58)52-69(78)56-39-45-63(46-40-56)86-74-35-19-15-31-66(74)67-32-16-20-36-75(67)86/h1-52H. The predicted octanol–water partition coefficient (Wildman–Crippen LogP) is 20.8. The molecule has 0 aliphatic carbocycles. The second kappa shape index (κ2) is 20.6. The fraction of sp³-hybridized carbons (Fsp3) is 0. The number of hydrogen-bond donors (Lipinski definition) is 0. The Labute approximate surface area is 502 Å². The van der Waals surface area contributed by atoms with Gasteiger partial charge in [-0.05, 0) is 118 Å². The number of para-hydroxylation sites is 4. The molecule has 0 aliphatic rings. The molecule has 0 atom stereocenters. The average Bonchev–Trinajstić information content (AvgIpc) is 2.85. The quantitative estimate of drug-likeness (QED) is 0.137. The van der Waals surface area contributed by atoms with E-state index in [1.54, 1.807) is 0 Å². The molecule has 0 fully saturated rings. The molecule has 0 aliphatic heterocycles. The molecule has 0 radical (unpaired) electrons. The molecule has 0 saturated heterocycles. The Morgan fingerprint density at radius 3 is 0.828 bits per heavy atom. The van der Waals surface area contributed by atoms with Crippen LogP contribution in [-0.2, 0) is 0 Å². The highest BCUT2D eigenvalue weighted by molar-refractivity contribution is 6.14. The van der Waals surface area contributed by atoms with Gasteiger partial charge in [0.15, 0.2) is 17.5 Å². The van der Waals surface area contributed by atoms with Crippen LogP contribution in [0.1, 0.15) is 0 Å². The minimum Gasteiger partial charge on any atom is -0.309 e. The molecule has 4 aromatic heterocycles. The van der Waals surface area contributed by atoms with Crippen molar-refractivity contribution in [1.29, 1.82) is 0 Å². The number of nitrogens with zero attached hydrogens (tertiary/aromatic N) is 6. The largest absolute Gasteiger partial charge is 0.309 e. The topological polar surface area (TPSA) is 53.5 Å². The van der Waals surface area contributed by atoms with Crippen molar-refractivity contribution in [2.45, 2.75) is 0 Å². The first-order chi connectivity index (χ1) is 43.1. The van der Waals surface area contributed by atoms with E-state index in [0.29, 0.717) is 17.5 Å². The van der Waals surface area contributed by atoms with Gasteiger partial charge in [0.25, 0.3) is 0 Å². The molecule has 6 nitrogen and oxygen atoms in total. The van der Waals surface area contributed by atoms with Crippen LogP contribution in [0, 0.1) is 0 Å². The Morgan fingerprint density at radius 2 is 0.471 bits per heavy atom. The summed E-state index contributed by atoms with van der Waals surface area (Å²) in [6, 6.07) is 114.